The Labute approximate surface area is 103 Å². The zero-order chi connectivity index (χ0) is 13.4. The van der Waals surface area contributed by atoms with Crippen LogP contribution in [-0.2, 0) is 14.3 Å². The van der Waals surface area contributed by atoms with Crippen molar-refractivity contribution in [2.45, 2.75) is 39.2 Å². The maximum atomic E-state index is 11.9. The molecule has 0 radical (unpaired) electrons. The summed E-state index contributed by atoms with van der Waals surface area (Å²) in [7, 11) is 3.07. The maximum absolute atomic E-state index is 11.9. The molecule has 5 heteroatoms. The number of amides is 1. The largest absolute Gasteiger partial charge is 0.469 e. The van der Waals surface area contributed by atoms with Gasteiger partial charge in [0.25, 0.3) is 0 Å². The lowest BCUT2D eigenvalue weighted by atomic mass is 9.99. The van der Waals surface area contributed by atoms with Gasteiger partial charge in [-0.15, -0.1) is 0 Å². The van der Waals surface area contributed by atoms with Crippen LogP contribution in [0.2, 0.25) is 0 Å². The summed E-state index contributed by atoms with van der Waals surface area (Å²) in [5.74, 6) is -0.146. The Morgan fingerprint density at radius 2 is 2.00 bits per heavy atom. The number of likely N-dealkylation sites (N-methyl/N-ethyl adjacent to an activating group) is 1. The summed E-state index contributed by atoms with van der Waals surface area (Å²) < 4.78 is 4.53. The second-order valence-corrected chi connectivity index (χ2v) is 4.35. The number of esters is 1. The molecule has 0 saturated carbocycles. The van der Waals surface area contributed by atoms with Gasteiger partial charge in [0.2, 0.25) is 5.91 Å². The van der Waals surface area contributed by atoms with Gasteiger partial charge < -0.3 is 15.4 Å². The molecule has 0 rings (SSSR count). The summed E-state index contributed by atoms with van der Waals surface area (Å²) in [6.45, 7) is 4.50. The number of carbonyl (C=O) groups excluding carboxylic acids is 2. The zero-order valence-electron chi connectivity index (χ0n) is 11.2. The molecule has 5 nitrogen and oxygen atoms in total. The average molecular weight is 244 g/mol. The molecular formula is C12H24N2O3. The van der Waals surface area contributed by atoms with Gasteiger partial charge in [-0.2, -0.15) is 0 Å². The van der Waals surface area contributed by atoms with E-state index in [4.69, 9.17) is 5.73 Å². The van der Waals surface area contributed by atoms with E-state index in [1.165, 1.54) is 7.11 Å². The minimum Gasteiger partial charge on any atom is -0.469 e. The number of rotatable bonds is 7. The summed E-state index contributed by atoms with van der Waals surface area (Å²) in [4.78, 5) is 24.4. The van der Waals surface area contributed by atoms with Crippen molar-refractivity contribution in [3.63, 3.8) is 0 Å². The number of nitrogens with two attached hydrogens (primary N) is 1. The van der Waals surface area contributed by atoms with Crippen LogP contribution < -0.4 is 5.73 Å². The maximum Gasteiger partial charge on any atom is 0.305 e. The van der Waals surface area contributed by atoms with E-state index in [0.717, 1.165) is 6.42 Å². The van der Waals surface area contributed by atoms with Crippen LogP contribution >= 0.6 is 0 Å². The van der Waals surface area contributed by atoms with Crippen molar-refractivity contribution in [1.29, 1.82) is 0 Å². The fourth-order valence-corrected chi connectivity index (χ4v) is 1.42. The molecule has 0 bridgehead atoms. The van der Waals surface area contributed by atoms with E-state index in [-0.39, 0.29) is 17.8 Å². The van der Waals surface area contributed by atoms with Crippen LogP contribution in [-0.4, -0.2) is 43.5 Å². The molecule has 0 aromatic carbocycles. The van der Waals surface area contributed by atoms with Crippen LogP contribution in [0.3, 0.4) is 0 Å². The summed E-state index contributed by atoms with van der Waals surface area (Å²) in [5, 5.41) is 0. The molecule has 2 atom stereocenters. The number of hydrogen-bond donors (Lipinski definition) is 1. The molecule has 0 saturated heterocycles. The lowest BCUT2D eigenvalue weighted by Crippen LogP contribution is -2.45. The Morgan fingerprint density at radius 3 is 2.47 bits per heavy atom. The summed E-state index contributed by atoms with van der Waals surface area (Å²) in [6, 6.07) is -0.455. The first-order valence-corrected chi connectivity index (χ1v) is 6.01. The Morgan fingerprint density at radius 1 is 1.41 bits per heavy atom. The van der Waals surface area contributed by atoms with Gasteiger partial charge in [-0.25, -0.2) is 0 Å². The average Bonchev–Trinajstić information content (AvgIpc) is 2.35. The molecule has 17 heavy (non-hydrogen) atoms. The van der Waals surface area contributed by atoms with Crippen LogP contribution in [0.5, 0.6) is 0 Å². The predicted molar refractivity (Wildman–Crippen MR) is 66.3 cm³/mol. The van der Waals surface area contributed by atoms with Gasteiger partial charge in [-0.3, -0.25) is 9.59 Å². The van der Waals surface area contributed by atoms with Crippen LogP contribution in [0, 0.1) is 5.92 Å². The Kier molecular flexibility index (Phi) is 7.54. The van der Waals surface area contributed by atoms with Crippen LogP contribution in [0.15, 0.2) is 0 Å². The van der Waals surface area contributed by atoms with Crippen molar-refractivity contribution in [3.05, 3.63) is 0 Å². The molecule has 0 aromatic heterocycles. The van der Waals surface area contributed by atoms with Crippen LogP contribution in [0.1, 0.15) is 33.1 Å². The standard InChI is InChI=1S/C12H24N2O3/c1-5-9(2)11(13)12(16)14(3)8-6-7-10(15)17-4/h9,11H,5-8,13H2,1-4H3. The number of methoxy groups -OCH3 is 1. The van der Waals surface area contributed by atoms with Crippen molar-refractivity contribution in [2.75, 3.05) is 20.7 Å². The van der Waals surface area contributed by atoms with Gasteiger partial charge >= 0.3 is 5.97 Å². The fourth-order valence-electron chi connectivity index (χ4n) is 1.42. The van der Waals surface area contributed by atoms with Crippen LogP contribution in [0.25, 0.3) is 0 Å². The van der Waals surface area contributed by atoms with Crippen molar-refractivity contribution in [3.8, 4) is 0 Å². The molecule has 0 aromatic rings. The summed E-state index contributed by atoms with van der Waals surface area (Å²) >= 11 is 0. The van der Waals surface area contributed by atoms with Crippen LogP contribution in [0.4, 0.5) is 0 Å². The third-order valence-electron chi connectivity index (χ3n) is 3.02. The molecule has 0 aliphatic heterocycles. The monoisotopic (exact) mass is 244 g/mol. The van der Waals surface area contributed by atoms with Crippen molar-refractivity contribution in [1.82, 2.24) is 4.90 Å². The fraction of sp³-hybridized carbons (Fsp3) is 0.833. The van der Waals surface area contributed by atoms with E-state index in [2.05, 4.69) is 4.74 Å². The highest BCUT2D eigenvalue weighted by molar-refractivity contribution is 5.81. The summed E-state index contributed by atoms with van der Waals surface area (Å²) in [6.07, 6.45) is 1.80. The molecule has 100 valence electrons. The zero-order valence-corrected chi connectivity index (χ0v) is 11.2. The molecule has 2 N–H and O–H groups in total. The van der Waals surface area contributed by atoms with E-state index in [1.54, 1.807) is 11.9 Å². The molecular weight excluding hydrogens is 220 g/mol. The smallest absolute Gasteiger partial charge is 0.305 e. The molecule has 0 fully saturated rings. The number of nitrogens with zero attached hydrogens (tertiary/aromatic N) is 1. The van der Waals surface area contributed by atoms with Gasteiger partial charge in [0.1, 0.15) is 0 Å². The number of hydrogen-bond acceptors (Lipinski definition) is 4. The lowest BCUT2D eigenvalue weighted by molar-refractivity contribution is -0.141. The number of carbonyl (C=O) groups is 2. The Balaban J connectivity index is 4.01. The first-order valence-electron chi connectivity index (χ1n) is 6.01. The normalized spacial score (nSPS) is 13.9. The van der Waals surface area contributed by atoms with Gasteiger partial charge in [-0.1, -0.05) is 20.3 Å². The minimum absolute atomic E-state index is 0.0655. The Hall–Kier alpha value is -1.10. The predicted octanol–water partition coefficient (Wildman–Crippen LogP) is 0.771. The van der Waals surface area contributed by atoms with E-state index >= 15 is 0 Å². The third kappa shape index (κ3) is 5.68. The minimum atomic E-state index is -0.455. The molecule has 2 unspecified atom stereocenters. The summed E-state index contributed by atoms with van der Waals surface area (Å²) in [5.41, 5.74) is 5.85. The molecule has 0 spiro atoms. The first-order chi connectivity index (χ1) is 7.93. The van der Waals surface area contributed by atoms with Gasteiger partial charge in [-0.05, 0) is 12.3 Å². The third-order valence-corrected chi connectivity index (χ3v) is 3.02. The molecule has 0 heterocycles. The topological polar surface area (TPSA) is 72.6 Å². The molecule has 0 aliphatic rings. The highest BCUT2D eigenvalue weighted by Gasteiger charge is 2.22. The Bertz CT molecular complexity index is 256. The van der Waals surface area contributed by atoms with Crippen molar-refractivity contribution < 1.29 is 14.3 Å². The van der Waals surface area contributed by atoms with E-state index in [0.29, 0.717) is 19.4 Å². The second-order valence-electron chi connectivity index (χ2n) is 4.35. The SMILES string of the molecule is CCC(C)C(N)C(=O)N(C)CCCC(=O)OC. The van der Waals surface area contributed by atoms with E-state index in [1.807, 2.05) is 13.8 Å². The van der Waals surface area contributed by atoms with E-state index in [9.17, 15) is 9.59 Å². The first kappa shape index (κ1) is 15.9. The molecule has 0 aliphatic carbocycles. The molecule has 1 amide bonds. The van der Waals surface area contributed by atoms with Crippen molar-refractivity contribution in [2.24, 2.45) is 11.7 Å². The van der Waals surface area contributed by atoms with E-state index < -0.39 is 6.04 Å². The van der Waals surface area contributed by atoms with Gasteiger partial charge in [0, 0.05) is 20.0 Å². The second kappa shape index (κ2) is 8.06. The quantitative estimate of drug-likeness (QED) is 0.671. The van der Waals surface area contributed by atoms with Crippen molar-refractivity contribution >= 4 is 11.9 Å². The highest BCUT2D eigenvalue weighted by atomic mass is 16.5. The van der Waals surface area contributed by atoms with Gasteiger partial charge in [0.05, 0.1) is 13.2 Å². The number of ether oxygens (including phenoxy) is 1. The highest BCUT2D eigenvalue weighted by Crippen LogP contribution is 2.08. The van der Waals surface area contributed by atoms with Gasteiger partial charge in [0.15, 0.2) is 0 Å². The lowest BCUT2D eigenvalue weighted by Gasteiger charge is -2.24.